The van der Waals surface area contributed by atoms with Crippen LogP contribution in [-0.4, -0.2) is 6.16 Å². The summed E-state index contributed by atoms with van der Waals surface area (Å²) in [7, 11) is 0. The van der Waals surface area contributed by atoms with Crippen molar-refractivity contribution in [2.24, 2.45) is 0 Å². The Bertz CT molecular complexity index is 282. The molecule has 0 radical (unpaired) electrons. The zero-order chi connectivity index (χ0) is 10.3. The van der Waals surface area contributed by atoms with Crippen molar-refractivity contribution in [3.05, 3.63) is 35.6 Å². The number of hydrogen-bond donors (Lipinski definition) is 0. The van der Waals surface area contributed by atoms with E-state index >= 15 is 0 Å². The maximum absolute atomic E-state index is 12.6. The second kappa shape index (κ2) is 14.2. The first-order valence-electron chi connectivity index (χ1n) is 3.25. The summed E-state index contributed by atoms with van der Waals surface area (Å²) in [6, 6.07) is 6.71. The first-order chi connectivity index (χ1) is 6.07. The number of hydrogen-bond acceptors (Lipinski definition) is 3. The maximum Gasteiger partial charge on any atom is 1.00 e. The van der Waals surface area contributed by atoms with Gasteiger partial charge >= 0.3 is 103 Å². The van der Waals surface area contributed by atoms with Crippen molar-refractivity contribution in [1.82, 2.24) is 0 Å². The summed E-state index contributed by atoms with van der Waals surface area (Å²) < 4.78 is 12.6. The fourth-order valence-electron chi connectivity index (χ4n) is 0.607. The summed E-state index contributed by atoms with van der Waals surface area (Å²) >= 11 is 3.17. The standard InChI is InChI=1S/C7H6BrF.CH2O3.2K/c8-5-6-3-1-2-4-7(6)9;2-1(3)4;;/h1-4H,5H2;(H2,2,3,4);;/q;;2*+1/p-2. The zero-order valence-electron chi connectivity index (χ0n) is 8.50. The fourth-order valence-corrected chi connectivity index (χ4v) is 1.06. The number of carboxylic acid groups (broad SMARTS) is 2. The molecule has 0 saturated heterocycles. The molecule has 0 spiro atoms. The third kappa shape index (κ3) is 14.1. The van der Waals surface area contributed by atoms with Gasteiger partial charge in [-0.3, -0.25) is 0 Å². The van der Waals surface area contributed by atoms with Crippen molar-refractivity contribution in [2.75, 3.05) is 0 Å². The van der Waals surface area contributed by atoms with Crippen LogP contribution in [0, 0.1) is 5.82 Å². The van der Waals surface area contributed by atoms with Crippen LogP contribution in [0.3, 0.4) is 0 Å². The van der Waals surface area contributed by atoms with Crippen molar-refractivity contribution in [2.45, 2.75) is 5.33 Å². The average Bonchev–Trinajstić information content (AvgIpc) is 2.04. The van der Waals surface area contributed by atoms with Gasteiger partial charge in [-0.2, -0.15) is 0 Å². The summed E-state index contributed by atoms with van der Waals surface area (Å²) in [5.74, 6) is -0.144. The van der Waals surface area contributed by atoms with E-state index in [-0.39, 0.29) is 109 Å². The summed E-state index contributed by atoms with van der Waals surface area (Å²) in [5.41, 5.74) is 0.706. The molecular formula is C8H6BrFK2O3. The number of alkyl halides is 1. The number of halogens is 2. The quantitative estimate of drug-likeness (QED) is 0.382. The van der Waals surface area contributed by atoms with Gasteiger partial charge in [0.25, 0.3) is 0 Å². The van der Waals surface area contributed by atoms with Crippen LogP contribution in [-0.2, 0) is 5.33 Å². The Kier molecular flexibility index (Phi) is 21.2. The SMILES string of the molecule is Fc1ccccc1CBr.O=C([O-])[O-].[K+].[K+]. The van der Waals surface area contributed by atoms with Gasteiger partial charge in [0.05, 0.1) is 0 Å². The molecule has 0 amide bonds. The number of benzene rings is 1. The molecule has 72 valence electrons. The minimum atomic E-state index is -2.33. The molecule has 0 aromatic heterocycles. The largest absolute Gasteiger partial charge is 1.00 e. The Morgan fingerprint density at radius 1 is 1.27 bits per heavy atom. The van der Waals surface area contributed by atoms with E-state index in [9.17, 15) is 4.39 Å². The summed E-state index contributed by atoms with van der Waals surface area (Å²) in [6.07, 6.45) is -2.33. The van der Waals surface area contributed by atoms with Crippen LogP contribution in [0.15, 0.2) is 24.3 Å². The second-order valence-electron chi connectivity index (χ2n) is 1.98. The van der Waals surface area contributed by atoms with E-state index in [1.807, 2.05) is 6.07 Å². The molecule has 7 heteroatoms. The molecule has 0 aliphatic heterocycles. The molecule has 0 bridgehead atoms. The fraction of sp³-hybridized carbons (Fsp3) is 0.125. The van der Waals surface area contributed by atoms with Crippen LogP contribution in [0.1, 0.15) is 5.56 Å². The van der Waals surface area contributed by atoms with E-state index < -0.39 is 6.16 Å². The Morgan fingerprint density at radius 2 is 1.67 bits per heavy atom. The molecule has 0 heterocycles. The first-order valence-corrected chi connectivity index (χ1v) is 4.37. The molecule has 0 saturated carbocycles. The molecule has 0 fully saturated rings. The topological polar surface area (TPSA) is 63.2 Å². The Balaban J connectivity index is -0.000000213. The predicted octanol–water partition coefficient (Wildman–Crippen LogP) is -5.72. The van der Waals surface area contributed by atoms with E-state index in [2.05, 4.69) is 15.9 Å². The van der Waals surface area contributed by atoms with Gasteiger partial charge in [0.2, 0.25) is 0 Å². The van der Waals surface area contributed by atoms with E-state index in [1.165, 1.54) is 6.07 Å². The monoisotopic (exact) mass is 326 g/mol. The molecule has 1 aromatic rings. The molecule has 0 aliphatic rings. The first kappa shape index (κ1) is 22.4. The minimum Gasteiger partial charge on any atom is -0.652 e. The van der Waals surface area contributed by atoms with Crippen molar-refractivity contribution in [3.63, 3.8) is 0 Å². The molecule has 15 heavy (non-hydrogen) atoms. The molecule has 1 aromatic carbocycles. The normalized spacial score (nSPS) is 7.33. The molecule has 0 N–H and O–H groups in total. The number of carbonyl (C=O) groups excluding carboxylic acids is 1. The average molecular weight is 327 g/mol. The maximum atomic E-state index is 12.6. The van der Waals surface area contributed by atoms with Gasteiger partial charge in [0.1, 0.15) is 5.82 Å². The second-order valence-corrected chi connectivity index (χ2v) is 2.54. The van der Waals surface area contributed by atoms with E-state index in [1.54, 1.807) is 12.1 Å². The van der Waals surface area contributed by atoms with Crippen LogP contribution in [0.2, 0.25) is 0 Å². The van der Waals surface area contributed by atoms with Gasteiger partial charge in [-0.25, -0.2) is 4.39 Å². The van der Waals surface area contributed by atoms with E-state index in [0.29, 0.717) is 10.9 Å². The molecule has 3 nitrogen and oxygen atoms in total. The summed E-state index contributed by atoms with van der Waals surface area (Å²) in [6.45, 7) is 0. The van der Waals surface area contributed by atoms with Gasteiger partial charge in [0, 0.05) is 5.33 Å². The number of rotatable bonds is 1. The Hall–Kier alpha value is 2.17. The number of carbonyl (C=O) groups is 1. The van der Waals surface area contributed by atoms with Crippen LogP contribution >= 0.6 is 15.9 Å². The van der Waals surface area contributed by atoms with Crippen LogP contribution in [0.25, 0.3) is 0 Å². The molecular weight excluding hydrogens is 321 g/mol. The van der Waals surface area contributed by atoms with Gasteiger partial charge in [-0.05, 0) is 17.8 Å². The Morgan fingerprint density at radius 3 is 1.93 bits per heavy atom. The Labute approximate surface area is 181 Å². The third-order valence-electron chi connectivity index (χ3n) is 1.10. The molecule has 1 rings (SSSR count). The van der Waals surface area contributed by atoms with Crippen molar-refractivity contribution in [1.29, 1.82) is 0 Å². The van der Waals surface area contributed by atoms with E-state index in [4.69, 9.17) is 15.0 Å². The molecule has 0 atom stereocenters. The molecule has 0 aliphatic carbocycles. The van der Waals surface area contributed by atoms with Crippen LogP contribution in [0.5, 0.6) is 0 Å². The predicted molar refractivity (Wildman–Crippen MR) is 44.4 cm³/mol. The van der Waals surface area contributed by atoms with Gasteiger partial charge in [-0.1, -0.05) is 34.1 Å². The molecule has 0 unspecified atom stereocenters. The summed E-state index contributed by atoms with van der Waals surface area (Å²) in [5, 5.41) is 17.2. The van der Waals surface area contributed by atoms with E-state index in [0.717, 1.165) is 0 Å². The van der Waals surface area contributed by atoms with Crippen molar-refractivity contribution < 1.29 is 122 Å². The van der Waals surface area contributed by atoms with Gasteiger partial charge in [-0.15, -0.1) is 0 Å². The van der Waals surface area contributed by atoms with Crippen LogP contribution in [0.4, 0.5) is 9.18 Å². The van der Waals surface area contributed by atoms with Crippen molar-refractivity contribution >= 4 is 22.1 Å². The van der Waals surface area contributed by atoms with Gasteiger partial charge in [0.15, 0.2) is 0 Å². The van der Waals surface area contributed by atoms with Gasteiger partial charge < -0.3 is 15.0 Å². The third-order valence-corrected chi connectivity index (χ3v) is 1.71. The smallest absolute Gasteiger partial charge is 0.652 e. The van der Waals surface area contributed by atoms with Crippen molar-refractivity contribution in [3.8, 4) is 0 Å². The summed E-state index contributed by atoms with van der Waals surface area (Å²) in [4.78, 5) is 8.33. The zero-order valence-corrected chi connectivity index (χ0v) is 16.3. The van der Waals surface area contributed by atoms with Crippen LogP contribution < -0.4 is 113 Å². The minimum absolute atomic E-state index is 0.